The number of halogens is 2. The van der Waals surface area contributed by atoms with Crippen molar-refractivity contribution in [2.75, 3.05) is 6.54 Å². The molecule has 2 aromatic carbocycles. The molecule has 1 N–H and O–H groups in total. The Morgan fingerprint density at radius 1 is 1.14 bits per heavy atom. The molecular formula is C17H19BrClNO. The van der Waals surface area contributed by atoms with Gasteiger partial charge < -0.3 is 10.1 Å². The van der Waals surface area contributed by atoms with Crippen molar-refractivity contribution in [2.45, 2.75) is 20.4 Å². The molecule has 0 heterocycles. The molecule has 0 aliphatic carbocycles. The highest BCUT2D eigenvalue weighted by molar-refractivity contribution is 9.10. The quantitative estimate of drug-likeness (QED) is 0.712. The van der Waals surface area contributed by atoms with Gasteiger partial charge in [-0.05, 0) is 54.4 Å². The van der Waals surface area contributed by atoms with Crippen LogP contribution >= 0.6 is 27.5 Å². The molecule has 0 atom stereocenters. The summed E-state index contributed by atoms with van der Waals surface area (Å²) in [4.78, 5) is 0. The molecule has 2 aromatic rings. The van der Waals surface area contributed by atoms with E-state index in [1.54, 1.807) is 0 Å². The van der Waals surface area contributed by atoms with Gasteiger partial charge in [-0.3, -0.25) is 0 Å². The van der Waals surface area contributed by atoms with Gasteiger partial charge in [0.2, 0.25) is 0 Å². The zero-order chi connectivity index (χ0) is 15.2. The van der Waals surface area contributed by atoms with Crippen molar-refractivity contribution in [1.29, 1.82) is 0 Å². The molecule has 0 unspecified atom stereocenters. The van der Waals surface area contributed by atoms with E-state index in [2.05, 4.69) is 35.1 Å². The summed E-state index contributed by atoms with van der Waals surface area (Å²) in [5, 5.41) is 4.03. The summed E-state index contributed by atoms with van der Waals surface area (Å²) < 4.78 is 6.81. The maximum atomic E-state index is 6.29. The van der Waals surface area contributed by atoms with Crippen molar-refractivity contribution in [3.8, 4) is 11.5 Å². The monoisotopic (exact) mass is 367 g/mol. The lowest BCUT2D eigenvalue weighted by Gasteiger charge is -2.11. The molecule has 0 bridgehead atoms. The molecule has 112 valence electrons. The molecule has 0 saturated carbocycles. The Hall–Kier alpha value is -1.03. The first kappa shape index (κ1) is 16.3. The molecule has 0 amide bonds. The minimum Gasteiger partial charge on any atom is -0.456 e. The molecule has 0 radical (unpaired) electrons. The van der Waals surface area contributed by atoms with Gasteiger partial charge in [0.05, 0.1) is 5.02 Å². The van der Waals surface area contributed by atoms with E-state index in [4.69, 9.17) is 16.3 Å². The Balaban J connectivity index is 2.00. The average molecular weight is 369 g/mol. The Kier molecular flexibility index (Phi) is 6.09. The van der Waals surface area contributed by atoms with E-state index in [0.717, 1.165) is 28.9 Å². The molecule has 0 spiro atoms. The molecule has 0 aliphatic rings. The highest BCUT2D eigenvalue weighted by Gasteiger charge is 2.05. The number of rotatable bonds is 6. The van der Waals surface area contributed by atoms with Gasteiger partial charge in [-0.2, -0.15) is 0 Å². The van der Waals surface area contributed by atoms with Crippen LogP contribution in [0.1, 0.15) is 19.4 Å². The van der Waals surface area contributed by atoms with Crippen LogP contribution in [-0.2, 0) is 6.54 Å². The van der Waals surface area contributed by atoms with Gasteiger partial charge in [0.25, 0.3) is 0 Å². The van der Waals surface area contributed by atoms with E-state index >= 15 is 0 Å². The molecule has 4 heteroatoms. The third-order valence-corrected chi connectivity index (χ3v) is 3.74. The first-order valence-electron chi connectivity index (χ1n) is 6.97. The van der Waals surface area contributed by atoms with Crippen LogP contribution in [0, 0.1) is 5.92 Å². The van der Waals surface area contributed by atoms with Gasteiger partial charge in [0.15, 0.2) is 0 Å². The third kappa shape index (κ3) is 5.34. The molecule has 21 heavy (non-hydrogen) atoms. The molecular weight excluding hydrogens is 350 g/mol. The van der Waals surface area contributed by atoms with Crippen LogP contribution in [0.5, 0.6) is 11.5 Å². The van der Waals surface area contributed by atoms with Gasteiger partial charge in [0.1, 0.15) is 11.5 Å². The molecule has 0 fully saturated rings. The van der Waals surface area contributed by atoms with Crippen molar-refractivity contribution in [3.05, 3.63) is 57.5 Å². The minimum atomic E-state index is 0.627. The van der Waals surface area contributed by atoms with E-state index in [9.17, 15) is 0 Å². The number of nitrogens with one attached hydrogen (secondary N) is 1. The second-order valence-electron chi connectivity index (χ2n) is 5.35. The molecule has 0 aliphatic heterocycles. The smallest absolute Gasteiger partial charge is 0.146 e. The molecule has 2 nitrogen and oxygen atoms in total. The van der Waals surface area contributed by atoms with Gasteiger partial charge in [-0.1, -0.05) is 47.4 Å². The van der Waals surface area contributed by atoms with Crippen molar-refractivity contribution in [1.82, 2.24) is 5.32 Å². The molecule has 0 saturated heterocycles. The van der Waals surface area contributed by atoms with Gasteiger partial charge in [-0.15, -0.1) is 0 Å². The fourth-order valence-corrected chi connectivity index (χ4v) is 2.38. The van der Waals surface area contributed by atoms with Crippen LogP contribution in [-0.4, -0.2) is 6.54 Å². The van der Waals surface area contributed by atoms with Crippen LogP contribution in [0.15, 0.2) is 46.9 Å². The van der Waals surface area contributed by atoms with Crippen LogP contribution in [0.25, 0.3) is 0 Å². The fourth-order valence-electron chi connectivity index (χ4n) is 1.87. The third-order valence-electron chi connectivity index (χ3n) is 2.92. The van der Waals surface area contributed by atoms with E-state index in [1.807, 2.05) is 42.5 Å². The van der Waals surface area contributed by atoms with E-state index in [0.29, 0.717) is 16.7 Å². The average Bonchev–Trinajstić information content (AvgIpc) is 2.44. The molecule has 0 aromatic heterocycles. The summed E-state index contributed by atoms with van der Waals surface area (Å²) >= 11 is 9.69. The van der Waals surface area contributed by atoms with Crippen molar-refractivity contribution in [2.24, 2.45) is 5.92 Å². The Morgan fingerprint density at radius 3 is 2.48 bits per heavy atom. The summed E-state index contributed by atoms with van der Waals surface area (Å²) in [6, 6.07) is 13.6. The first-order chi connectivity index (χ1) is 10.0. The van der Waals surface area contributed by atoms with Crippen molar-refractivity contribution in [3.63, 3.8) is 0 Å². The summed E-state index contributed by atoms with van der Waals surface area (Å²) in [5.74, 6) is 2.08. The Labute approximate surface area is 139 Å². The van der Waals surface area contributed by atoms with Gasteiger partial charge in [0, 0.05) is 11.0 Å². The lowest BCUT2D eigenvalue weighted by atomic mass is 10.2. The maximum absolute atomic E-state index is 6.29. The van der Waals surface area contributed by atoms with Crippen molar-refractivity contribution < 1.29 is 4.74 Å². The summed E-state index contributed by atoms with van der Waals surface area (Å²) in [6.45, 7) is 6.19. The van der Waals surface area contributed by atoms with Crippen LogP contribution in [0.3, 0.4) is 0 Å². The highest BCUT2D eigenvalue weighted by Crippen LogP contribution is 2.30. The minimum absolute atomic E-state index is 0.627. The predicted octanol–water partition coefficient (Wildman–Crippen LogP) is 5.64. The zero-order valence-corrected chi connectivity index (χ0v) is 14.5. The Morgan fingerprint density at radius 2 is 1.86 bits per heavy atom. The lowest BCUT2D eigenvalue weighted by Crippen LogP contribution is -2.18. The number of ether oxygens (including phenoxy) is 1. The van der Waals surface area contributed by atoms with E-state index in [1.165, 1.54) is 0 Å². The number of benzene rings is 2. The van der Waals surface area contributed by atoms with E-state index < -0.39 is 0 Å². The lowest BCUT2D eigenvalue weighted by molar-refractivity contribution is 0.482. The summed E-state index contributed by atoms with van der Waals surface area (Å²) in [5.41, 5.74) is 1.16. The second-order valence-corrected chi connectivity index (χ2v) is 6.67. The summed E-state index contributed by atoms with van der Waals surface area (Å²) in [6.07, 6.45) is 0. The molecule has 2 rings (SSSR count). The standard InChI is InChI=1S/C17H19BrClNO/c1-12(2)10-20-11-13-3-8-17(16(19)9-13)21-15-6-4-14(18)5-7-15/h3-9,12,20H,10-11H2,1-2H3. The topological polar surface area (TPSA) is 21.3 Å². The van der Waals surface area contributed by atoms with Crippen LogP contribution < -0.4 is 10.1 Å². The second kappa shape index (κ2) is 7.83. The zero-order valence-electron chi connectivity index (χ0n) is 12.2. The highest BCUT2D eigenvalue weighted by atomic mass is 79.9. The van der Waals surface area contributed by atoms with Gasteiger partial charge in [-0.25, -0.2) is 0 Å². The largest absolute Gasteiger partial charge is 0.456 e. The van der Waals surface area contributed by atoms with Crippen molar-refractivity contribution >= 4 is 27.5 Å². The SMILES string of the molecule is CC(C)CNCc1ccc(Oc2ccc(Br)cc2)c(Cl)c1. The summed E-state index contributed by atoms with van der Waals surface area (Å²) in [7, 11) is 0. The normalized spacial score (nSPS) is 10.9. The Bertz CT molecular complexity index is 584. The first-order valence-corrected chi connectivity index (χ1v) is 8.14. The maximum Gasteiger partial charge on any atom is 0.146 e. The fraction of sp³-hybridized carbons (Fsp3) is 0.294. The number of hydrogen-bond acceptors (Lipinski definition) is 2. The predicted molar refractivity (Wildman–Crippen MR) is 92.2 cm³/mol. The van der Waals surface area contributed by atoms with Crippen LogP contribution in [0.4, 0.5) is 0 Å². The van der Waals surface area contributed by atoms with Gasteiger partial charge >= 0.3 is 0 Å². The van der Waals surface area contributed by atoms with E-state index in [-0.39, 0.29) is 0 Å². The van der Waals surface area contributed by atoms with Crippen LogP contribution in [0.2, 0.25) is 5.02 Å². The number of hydrogen-bond donors (Lipinski definition) is 1.